The number of ether oxygens (including phenoxy) is 1. The summed E-state index contributed by atoms with van der Waals surface area (Å²) in [6.07, 6.45) is 8.09. The first-order valence-electron chi connectivity index (χ1n) is 6.90. The molecule has 2 N–H and O–H groups in total. The lowest BCUT2D eigenvalue weighted by atomic mass is 10.1. The molecule has 0 spiro atoms. The highest BCUT2D eigenvalue weighted by atomic mass is 16.5. The molecular formula is C13H28N2O. The molecular weight excluding hydrogens is 200 g/mol. The number of likely N-dealkylation sites (N-methyl/N-ethyl adjacent to an activating group) is 1. The van der Waals surface area contributed by atoms with Gasteiger partial charge in [0.2, 0.25) is 0 Å². The van der Waals surface area contributed by atoms with Crippen LogP contribution in [0.25, 0.3) is 0 Å². The first-order valence-corrected chi connectivity index (χ1v) is 6.90. The second-order valence-corrected chi connectivity index (χ2v) is 4.73. The number of rotatable bonds is 9. The SMILES string of the molecule is CCN(CCCCCCN)CC1CCCO1. The predicted octanol–water partition coefficient (Wildman–Crippen LogP) is 2.01. The van der Waals surface area contributed by atoms with E-state index in [0.29, 0.717) is 6.10 Å². The average molecular weight is 228 g/mol. The van der Waals surface area contributed by atoms with Gasteiger partial charge in [-0.05, 0) is 45.3 Å². The van der Waals surface area contributed by atoms with E-state index in [2.05, 4.69) is 11.8 Å². The normalized spacial score (nSPS) is 20.8. The number of nitrogens with zero attached hydrogens (tertiary/aromatic N) is 1. The molecule has 0 radical (unpaired) electrons. The molecule has 0 aromatic heterocycles. The van der Waals surface area contributed by atoms with E-state index in [1.54, 1.807) is 0 Å². The summed E-state index contributed by atoms with van der Waals surface area (Å²) in [5, 5.41) is 0. The minimum absolute atomic E-state index is 0.504. The quantitative estimate of drug-likeness (QED) is 0.614. The fourth-order valence-corrected chi connectivity index (χ4v) is 2.29. The third-order valence-corrected chi connectivity index (χ3v) is 3.36. The second kappa shape index (κ2) is 8.97. The van der Waals surface area contributed by atoms with Crippen LogP contribution in [0.1, 0.15) is 45.4 Å². The molecule has 1 saturated heterocycles. The van der Waals surface area contributed by atoms with E-state index in [1.165, 1.54) is 45.1 Å². The van der Waals surface area contributed by atoms with Crippen molar-refractivity contribution in [3.63, 3.8) is 0 Å². The lowest BCUT2D eigenvalue weighted by Crippen LogP contribution is -2.32. The van der Waals surface area contributed by atoms with E-state index in [1.807, 2.05) is 0 Å². The minimum Gasteiger partial charge on any atom is -0.377 e. The molecule has 16 heavy (non-hydrogen) atoms. The summed E-state index contributed by atoms with van der Waals surface area (Å²) in [6.45, 7) is 7.56. The fraction of sp³-hybridized carbons (Fsp3) is 1.00. The summed E-state index contributed by atoms with van der Waals surface area (Å²) in [5.74, 6) is 0. The molecule has 1 unspecified atom stereocenters. The van der Waals surface area contributed by atoms with Gasteiger partial charge in [0.25, 0.3) is 0 Å². The van der Waals surface area contributed by atoms with Gasteiger partial charge in [0, 0.05) is 13.2 Å². The fourth-order valence-electron chi connectivity index (χ4n) is 2.29. The lowest BCUT2D eigenvalue weighted by Gasteiger charge is -2.23. The molecule has 1 fully saturated rings. The monoisotopic (exact) mass is 228 g/mol. The topological polar surface area (TPSA) is 38.5 Å². The highest BCUT2D eigenvalue weighted by Crippen LogP contribution is 2.13. The molecule has 0 saturated carbocycles. The minimum atomic E-state index is 0.504. The third-order valence-electron chi connectivity index (χ3n) is 3.36. The summed E-state index contributed by atoms with van der Waals surface area (Å²) in [6, 6.07) is 0. The van der Waals surface area contributed by atoms with Crippen LogP contribution in [0.2, 0.25) is 0 Å². The summed E-state index contributed by atoms with van der Waals surface area (Å²) in [5.41, 5.74) is 5.48. The Morgan fingerprint density at radius 1 is 1.25 bits per heavy atom. The van der Waals surface area contributed by atoms with Crippen LogP contribution in [0, 0.1) is 0 Å². The van der Waals surface area contributed by atoms with Gasteiger partial charge < -0.3 is 15.4 Å². The van der Waals surface area contributed by atoms with Gasteiger partial charge in [0.05, 0.1) is 6.10 Å². The van der Waals surface area contributed by atoms with Crippen molar-refractivity contribution in [3.05, 3.63) is 0 Å². The van der Waals surface area contributed by atoms with Crippen molar-refractivity contribution >= 4 is 0 Å². The predicted molar refractivity (Wildman–Crippen MR) is 68.6 cm³/mol. The van der Waals surface area contributed by atoms with E-state index >= 15 is 0 Å². The van der Waals surface area contributed by atoms with Gasteiger partial charge >= 0.3 is 0 Å². The Kier molecular flexibility index (Phi) is 7.81. The molecule has 3 nitrogen and oxygen atoms in total. The van der Waals surface area contributed by atoms with Crippen molar-refractivity contribution in [3.8, 4) is 0 Å². The Morgan fingerprint density at radius 3 is 2.69 bits per heavy atom. The number of unbranched alkanes of at least 4 members (excludes halogenated alkanes) is 3. The van der Waals surface area contributed by atoms with Gasteiger partial charge in [-0.25, -0.2) is 0 Å². The average Bonchev–Trinajstić information content (AvgIpc) is 2.80. The molecule has 0 aromatic carbocycles. The van der Waals surface area contributed by atoms with Gasteiger partial charge in [0.15, 0.2) is 0 Å². The smallest absolute Gasteiger partial charge is 0.0702 e. The molecule has 0 bridgehead atoms. The maximum atomic E-state index is 5.67. The van der Waals surface area contributed by atoms with Crippen LogP contribution in [-0.2, 0) is 4.74 Å². The Morgan fingerprint density at radius 2 is 2.06 bits per heavy atom. The summed E-state index contributed by atoms with van der Waals surface area (Å²) >= 11 is 0. The molecule has 1 atom stereocenters. The van der Waals surface area contributed by atoms with Crippen LogP contribution in [0.3, 0.4) is 0 Å². The van der Waals surface area contributed by atoms with Crippen molar-refractivity contribution in [2.75, 3.05) is 32.8 Å². The summed E-state index contributed by atoms with van der Waals surface area (Å²) in [7, 11) is 0. The maximum absolute atomic E-state index is 5.67. The van der Waals surface area contributed by atoms with Crippen molar-refractivity contribution < 1.29 is 4.74 Å². The molecule has 0 aromatic rings. The molecule has 96 valence electrons. The van der Waals surface area contributed by atoms with Crippen molar-refractivity contribution in [1.29, 1.82) is 0 Å². The van der Waals surface area contributed by atoms with Gasteiger partial charge in [-0.1, -0.05) is 19.8 Å². The zero-order valence-corrected chi connectivity index (χ0v) is 10.8. The van der Waals surface area contributed by atoms with Gasteiger partial charge in [-0.3, -0.25) is 0 Å². The number of hydrogen-bond donors (Lipinski definition) is 1. The van der Waals surface area contributed by atoms with Crippen LogP contribution >= 0.6 is 0 Å². The molecule has 0 aliphatic carbocycles. The molecule has 0 amide bonds. The lowest BCUT2D eigenvalue weighted by molar-refractivity contribution is 0.0742. The summed E-state index contributed by atoms with van der Waals surface area (Å²) < 4.78 is 5.67. The van der Waals surface area contributed by atoms with Crippen LogP contribution in [-0.4, -0.2) is 43.8 Å². The molecule has 1 aliphatic rings. The highest BCUT2D eigenvalue weighted by molar-refractivity contribution is 4.69. The Bertz CT molecular complexity index is 158. The van der Waals surface area contributed by atoms with E-state index in [4.69, 9.17) is 10.5 Å². The van der Waals surface area contributed by atoms with Gasteiger partial charge in [-0.2, -0.15) is 0 Å². The maximum Gasteiger partial charge on any atom is 0.0702 e. The molecule has 3 heteroatoms. The van der Waals surface area contributed by atoms with Gasteiger partial charge in [0.1, 0.15) is 0 Å². The first-order chi connectivity index (χ1) is 7.86. The second-order valence-electron chi connectivity index (χ2n) is 4.73. The molecule has 1 aliphatic heterocycles. The van der Waals surface area contributed by atoms with Crippen LogP contribution in [0.4, 0.5) is 0 Å². The van der Waals surface area contributed by atoms with Gasteiger partial charge in [-0.15, -0.1) is 0 Å². The van der Waals surface area contributed by atoms with Crippen LogP contribution < -0.4 is 5.73 Å². The van der Waals surface area contributed by atoms with Crippen LogP contribution in [0.5, 0.6) is 0 Å². The van der Waals surface area contributed by atoms with Crippen LogP contribution in [0.15, 0.2) is 0 Å². The van der Waals surface area contributed by atoms with E-state index in [9.17, 15) is 0 Å². The van der Waals surface area contributed by atoms with E-state index in [-0.39, 0.29) is 0 Å². The Balaban J connectivity index is 2.01. The Labute approximate surface area is 100 Å². The zero-order chi connectivity index (χ0) is 11.6. The Hall–Kier alpha value is -0.120. The highest BCUT2D eigenvalue weighted by Gasteiger charge is 2.17. The summed E-state index contributed by atoms with van der Waals surface area (Å²) in [4.78, 5) is 2.53. The first kappa shape index (κ1) is 13.9. The zero-order valence-electron chi connectivity index (χ0n) is 10.8. The molecule has 1 rings (SSSR count). The van der Waals surface area contributed by atoms with Crippen molar-refractivity contribution in [2.24, 2.45) is 5.73 Å². The van der Waals surface area contributed by atoms with E-state index in [0.717, 1.165) is 26.2 Å². The van der Waals surface area contributed by atoms with Crippen molar-refractivity contribution in [1.82, 2.24) is 4.90 Å². The number of nitrogens with two attached hydrogens (primary N) is 1. The number of hydrogen-bond acceptors (Lipinski definition) is 3. The van der Waals surface area contributed by atoms with Crippen molar-refractivity contribution in [2.45, 2.75) is 51.6 Å². The van der Waals surface area contributed by atoms with E-state index < -0.39 is 0 Å². The third kappa shape index (κ3) is 5.83. The largest absolute Gasteiger partial charge is 0.377 e. The molecule has 1 heterocycles. The standard InChI is InChI=1S/C13H28N2O/c1-2-15(10-6-4-3-5-9-14)12-13-8-7-11-16-13/h13H,2-12,14H2,1H3.